The fraction of sp³-hybridized carbons (Fsp3) is 0.400. The molecule has 1 aromatic carbocycles. The smallest absolute Gasteiger partial charge is 0.107 e. The highest BCUT2D eigenvalue weighted by atomic mass is 32.1. The highest BCUT2D eigenvalue weighted by Crippen LogP contribution is 2.44. The normalized spacial score (nSPS) is 16.2. The van der Waals surface area contributed by atoms with Crippen molar-refractivity contribution >= 4 is 11.3 Å². The summed E-state index contributed by atoms with van der Waals surface area (Å²) in [7, 11) is 1.97. The number of thiazole rings is 1. The van der Waals surface area contributed by atoms with Gasteiger partial charge in [0, 0.05) is 17.0 Å². The van der Waals surface area contributed by atoms with Crippen molar-refractivity contribution in [2.45, 2.75) is 32.2 Å². The van der Waals surface area contributed by atoms with E-state index >= 15 is 0 Å². The molecule has 2 nitrogen and oxygen atoms in total. The van der Waals surface area contributed by atoms with Crippen molar-refractivity contribution in [2.24, 2.45) is 0 Å². The van der Waals surface area contributed by atoms with Gasteiger partial charge in [-0.2, -0.15) is 0 Å². The number of nitrogens with zero attached hydrogens (tertiary/aromatic N) is 1. The van der Waals surface area contributed by atoms with Crippen LogP contribution in [-0.4, -0.2) is 12.0 Å². The first-order valence-electron chi connectivity index (χ1n) is 6.35. The second-order valence-electron chi connectivity index (χ2n) is 5.52. The first-order chi connectivity index (χ1) is 8.62. The summed E-state index contributed by atoms with van der Waals surface area (Å²) < 4.78 is 0. The van der Waals surface area contributed by atoms with E-state index in [1.807, 2.05) is 18.4 Å². The summed E-state index contributed by atoms with van der Waals surface area (Å²) in [5, 5.41) is 4.38. The molecule has 0 bridgehead atoms. The summed E-state index contributed by atoms with van der Waals surface area (Å²) in [6, 6.07) is 8.70. The lowest BCUT2D eigenvalue weighted by atomic mass is 9.74. The van der Waals surface area contributed by atoms with Crippen LogP contribution in [0.5, 0.6) is 0 Å². The number of benzene rings is 1. The lowest BCUT2D eigenvalue weighted by Gasteiger charge is -2.31. The molecular formula is C15H18N2S. The van der Waals surface area contributed by atoms with Crippen LogP contribution < -0.4 is 5.32 Å². The molecule has 0 amide bonds. The van der Waals surface area contributed by atoms with Crippen LogP contribution in [0.25, 0.3) is 11.3 Å². The Bertz CT molecular complexity index is 584. The molecule has 0 atom stereocenters. The number of aromatic nitrogens is 1. The average Bonchev–Trinajstić information content (AvgIpc) is 2.72. The van der Waals surface area contributed by atoms with E-state index in [1.165, 1.54) is 26.7 Å². The number of hydrogen-bond donors (Lipinski definition) is 1. The van der Waals surface area contributed by atoms with Crippen LogP contribution in [0, 0.1) is 0 Å². The van der Waals surface area contributed by atoms with Gasteiger partial charge in [0.1, 0.15) is 5.01 Å². The maximum Gasteiger partial charge on any atom is 0.107 e. The molecule has 0 spiro atoms. The van der Waals surface area contributed by atoms with Crippen molar-refractivity contribution in [3.05, 3.63) is 39.7 Å². The van der Waals surface area contributed by atoms with Gasteiger partial charge in [-0.3, -0.25) is 0 Å². The largest absolute Gasteiger partial charge is 0.314 e. The topological polar surface area (TPSA) is 24.9 Å². The Kier molecular flexibility index (Phi) is 2.76. The molecule has 3 rings (SSSR count). The lowest BCUT2D eigenvalue weighted by molar-refractivity contribution is 0.521. The van der Waals surface area contributed by atoms with Gasteiger partial charge >= 0.3 is 0 Å². The average molecular weight is 258 g/mol. The molecule has 0 saturated heterocycles. The van der Waals surface area contributed by atoms with Crippen LogP contribution in [-0.2, 0) is 18.4 Å². The number of hydrogen-bond acceptors (Lipinski definition) is 3. The van der Waals surface area contributed by atoms with E-state index in [-0.39, 0.29) is 5.41 Å². The molecule has 18 heavy (non-hydrogen) atoms. The second-order valence-corrected chi connectivity index (χ2v) is 6.68. The van der Waals surface area contributed by atoms with E-state index in [9.17, 15) is 0 Å². The zero-order valence-corrected chi connectivity index (χ0v) is 11.9. The SMILES string of the molecule is CNCc1nc2c(s1)CC(C)(C)c1ccccc1-2. The standard InChI is InChI=1S/C15H18N2S/c1-15(2)8-12-14(17-13(18-12)9-16-3)10-6-4-5-7-11(10)15/h4-7,16H,8-9H2,1-3H3. The molecule has 1 aliphatic rings. The Morgan fingerprint density at radius 3 is 2.89 bits per heavy atom. The molecule has 94 valence electrons. The van der Waals surface area contributed by atoms with Gasteiger partial charge < -0.3 is 5.32 Å². The van der Waals surface area contributed by atoms with Gasteiger partial charge in [-0.05, 0) is 24.4 Å². The highest BCUT2D eigenvalue weighted by Gasteiger charge is 2.32. The molecule has 2 aromatic rings. The van der Waals surface area contributed by atoms with Crippen LogP contribution in [0.4, 0.5) is 0 Å². The molecule has 3 heteroatoms. The van der Waals surface area contributed by atoms with Crippen molar-refractivity contribution in [2.75, 3.05) is 7.05 Å². The van der Waals surface area contributed by atoms with Crippen LogP contribution >= 0.6 is 11.3 Å². The zero-order chi connectivity index (χ0) is 12.8. The van der Waals surface area contributed by atoms with Gasteiger partial charge in [-0.15, -0.1) is 11.3 Å². The van der Waals surface area contributed by atoms with E-state index < -0.39 is 0 Å². The summed E-state index contributed by atoms with van der Waals surface area (Å²) in [4.78, 5) is 6.24. The Hall–Kier alpha value is -1.19. The van der Waals surface area contributed by atoms with Gasteiger partial charge in [0.2, 0.25) is 0 Å². The highest BCUT2D eigenvalue weighted by molar-refractivity contribution is 7.12. The number of nitrogens with one attached hydrogen (secondary N) is 1. The summed E-state index contributed by atoms with van der Waals surface area (Å²) >= 11 is 1.85. The van der Waals surface area contributed by atoms with Crippen LogP contribution in [0.3, 0.4) is 0 Å². The van der Waals surface area contributed by atoms with Crippen molar-refractivity contribution in [1.29, 1.82) is 0 Å². The fourth-order valence-electron chi connectivity index (χ4n) is 2.73. The van der Waals surface area contributed by atoms with E-state index in [0.717, 1.165) is 13.0 Å². The zero-order valence-electron chi connectivity index (χ0n) is 11.1. The summed E-state index contributed by atoms with van der Waals surface area (Å²) in [6.45, 7) is 5.51. The number of rotatable bonds is 2. The van der Waals surface area contributed by atoms with Gasteiger partial charge in [0.05, 0.1) is 5.69 Å². The van der Waals surface area contributed by atoms with E-state index in [4.69, 9.17) is 4.98 Å². The summed E-state index contributed by atoms with van der Waals surface area (Å²) in [6.07, 6.45) is 1.10. The molecule has 1 aliphatic carbocycles. The quantitative estimate of drug-likeness (QED) is 0.893. The Morgan fingerprint density at radius 1 is 1.33 bits per heavy atom. The maximum absolute atomic E-state index is 4.80. The predicted molar refractivity (Wildman–Crippen MR) is 77.0 cm³/mol. The lowest BCUT2D eigenvalue weighted by Crippen LogP contribution is -2.24. The first-order valence-corrected chi connectivity index (χ1v) is 7.16. The molecule has 1 N–H and O–H groups in total. The number of fused-ring (bicyclic) bond motifs is 3. The van der Waals surface area contributed by atoms with Gasteiger partial charge in [-0.1, -0.05) is 38.1 Å². The van der Waals surface area contributed by atoms with E-state index in [2.05, 4.69) is 43.4 Å². The maximum atomic E-state index is 4.80. The third-order valence-corrected chi connectivity index (χ3v) is 4.64. The minimum atomic E-state index is 0.215. The molecule has 0 fully saturated rings. The van der Waals surface area contributed by atoms with Gasteiger partial charge in [0.15, 0.2) is 0 Å². The molecule has 0 aliphatic heterocycles. The van der Waals surface area contributed by atoms with Gasteiger partial charge in [0.25, 0.3) is 0 Å². The van der Waals surface area contributed by atoms with Crippen molar-refractivity contribution in [1.82, 2.24) is 10.3 Å². The third kappa shape index (κ3) is 1.78. The fourth-order valence-corrected chi connectivity index (χ4v) is 4.06. The van der Waals surface area contributed by atoms with Crippen molar-refractivity contribution < 1.29 is 0 Å². The van der Waals surface area contributed by atoms with Crippen LogP contribution in [0.1, 0.15) is 29.3 Å². The molecular weight excluding hydrogens is 240 g/mol. The third-order valence-electron chi connectivity index (χ3n) is 3.58. The Morgan fingerprint density at radius 2 is 2.11 bits per heavy atom. The van der Waals surface area contributed by atoms with Crippen LogP contribution in [0.15, 0.2) is 24.3 Å². The molecule has 0 radical (unpaired) electrons. The van der Waals surface area contributed by atoms with Gasteiger partial charge in [-0.25, -0.2) is 4.98 Å². The molecule has 1 aromatic heterocycles. The minimum Gasteiger partial charge on any atom is -0.314 e. The predicted octanol–water partition coefficient (Wildman–Crippen LogP) is 3.36. The van der Waals surface area contributed by atoms with Crippen molar-refractivity contribution in [3.8, 4) is 11.3 Å². The van der Waals surface area contributed by atoms with Crippen LogP contribution in [0.2, 0.25) is 0 Å². The summed E-state index contributed by atoms with van der Waals surface area (Å²) in [5.74, 6) is 0. The van der Waals surface area contributed by atoms with E-state index in [0.29, 0.717) is 0 Å². The first kappa shape index (κ1) is 11.9. The Balaban J connectivity index is 2.17. The minimum absolute atomic E-state index is 0.215. The monoisotopic (exact) mass is 258 g/mol. The summed E-state index contributed by atoms with van der Waals surface area (Å²) in [5.41, 5.74) is 4.17. The second kappa shape index (κ2) is 4.18. The molecule has 0 saturated carbocycles. The molecule has 1 heterocycles. The Labute approximate surface area is 112 Å². The van der Waals surface area contributed by atoms with E-state index in [1.54, 1.807) is 0 Å². The molecule has 0 unspecified atom stereocenters. The van der Waals surface area contributed by atoms with Crippen molar-refractivity contribution in [3.63, 3.8) is 0 Å².